The van der Waals surface area contributed by atoms with E-state index in [1.54, 1.807) is 17.0 Å². The first-order valence-corrected chi connectivity index (χ1v) is 6.92. The molecule has 1 heterocycles. The summed E-state index contributed by atoms with van der Waals surface area (Å²) < 4.78 is 0.665. The van der Waals surface area contributed by atoms with Crippen LogP contribution in [0.25, 0.3) is 0 Å². The highest BCUT2D eigenvalue weighted by Crippen LogP contribution is 2.18. The number of pyridine rings is 1. The molecule has 0 radical (unpaired) electrons. The average molecular weight is 319 g/mol. The molecule has 0 saturated heterocycles. The van der Waals surface area contributed by atoms with Crippen LogP contribution in [0, 0.1) is 6.92 Å². The smallest absolute Gasteiger partial charge is 0.276 e. The lowest BCUT2D eigenvalue weighted by Crippen LogP contribution is -2.31. The molecule has 4 heteroatoms. The fraction of sp³-hybridized carbons (Fsp3) is 0.200. The van der Waals surface area contributed by atoms with Crippen molar-refractivity contribution < 1.29 is 4.79 Å². The lowest BCUT2D eigenvalue weighted by molar-refractivity contribution is 0.0983. The van der Waals surface area contributed by atoms with Gasteiger partial charge in [0.05, 0.1) is 0 Å². The second-order valence-corrected chi connectivity index (χ2v) is 5.04. The Bertz CT molecular complexity index is 581. The summed E-state index contributed by atoms with van der Waals surface area (Å²) in [6, 6.07) is 13.2. The zero-order valence-corrected chi connectivity index (χ0v) is 12.5. The van der Waals surface area contributed by atoms with E-state index in [-0.39, 0.29) is 5.91 Å². The van der Waals surface area contributed by atoms with Gasteiger partial charge in [-0.15, -0.1) is 0 Å². The summed E-state index contributed by atoms with van der Waals surface area (Å²) >= 11 is 3.29. The van der Waals surface area contributed by atoms with E-state index in [0.29, 0.717) is 16.8 Å². The summed E-state index contributed by atoms with van der Waals surface area (Å²) in [6.45, 7) is 4.59. The average Bonchev–Trinajstić information content (AvgIpc) is 2.41. The van der Waals surface area contributed by atoms with Crippen LogP contribution in [0.4, 0.5) is 5.69 Å². The summed E-state index contributed by atoms with van der Waals surface area (Å²) in [5, 5.41) is 0. The van der Waals surface area contributed by atoms with Gasteiger partial charge >= 0.3 is 0 Å². The molecule has 0 aliphatic heterocycles. The molecule has 0 unspecified atom stereocenters. The Morgan fingerprint density at radius 3 is 2.47 bits per heavy atom. The molecular formula is C15H15BrN2O. The van der Waals surface area contributed by atoms with Crippen LogP contribution in [-0.2, 0) is 0 Å². The lowest BCUT2D eigenvalue weighted by Gasteiger charge is -2.20. The monoisotopic (exact) mass is 318 g/mol. The second kappa shape index (κ2) is 5.97. The van der Waals surface area contributed by atoms with Crippen LogP contribution in [0.5, 0.6) is 0 Å². The van der Waals surface area contributed by atoms with Gasteiger partial charge in [0.1, 0.15) is 10.3 Å². The molecular weight excluding hydrogens is 304 g/mol. The van der Waals surface area contributed by atoms with Crippen molar-refractivity contribution in [2.24, 2.45) is 0 Å². The van der Waals surface area contributed by atoms with Gasteiger partial charge in [0.25, 0.3) is 5.91 Å². The first-order chi connectivity index (χ1) is 9.11. The molecule has 0 saturated carbocycles. The molecule has 0 bridgehead atoms. The van der Waals surface area contributed by atoms with Gasteiger partial charge in [0.15, 0.2) is 0 Å². The van der Waals surface area contributed by atoms with Gasteiger partial charge in [0, 0.05) is 12.2 Å². The number of aromatic nitrogens is 1. The zero-order chi connectivity index (χ0) is 13.8. The van der Waals surface area contributed by atoms with Crippen LogP contribution in [0.1, 0.15) is 23.0 Å². The molecule has 1 aromatic heterocycles. The van der Waals surface area contributed by atoms with E-state index in [4.69, 9.17) is 0 Å². The Labute approximate surface area is 121 Å². The number of carbonyl (C=O) groups is 1. The van der Waals surface area contributed by atoms with E-state index in [2.05, 4.69) is 20.9 Å². The molecule has 0 spiro atoms. The van der Waals surface area contributed by atoms with Gasteiger partial charge in [-0.2, -0.15) is 0 Å². The minimum Gasteiger partial charge on any atom is -0.307 e. The number of hydrogen-bond donors (Lipinski definition) is 0. The van der Waals surface area contributed by atoms with Crippen molar-refractivity contribution in [3.63, 3.8) is 0 Å². The molecule has 0 fully saturated rings. The lowest BCUT2D eigenvalue weighted by atomic mass is 10.2. The molecule has 3 nitrogen and oxygen atoms in total. The van der Waals surface area contributed by atoms with Crippen molar-refractivity contribution in [1.29, 1.82) is 0 Å². The summed E-state index contributed by atoms with van der Waals surface area (Å²) in [5.41, 5.74) is 2.50. The van der Waals surface area contributed by atoms with Gasteiger partial charge in [-0.3, -0.25) is 4.79 Å². The maximum absolute atomic E-state index is 12.5. The van der Waals surface area contributed by atoms with Gasteiger partial charge < -0.3 is 4.90 Å². The van der Waals surface area contributed by atoms with Gasteiger partial charge in [-0.1, -0.05) is 23.8 Å². The number of anilines is 1. The predicted molar refractivity (Wildman–Crippen MR) is 80.5 cm³/mol. The fourth-order valence-electron chi connectivity index (χ4n) is 1.83. The summed E-state index contributed by atoms with van der Waals surface area (Å²) in [6.07, 6.45) is 0. The molecule has 0 aliphatic rings. The molecule has 2 aromatic rings. The third-order valence-corrected chi connectivity index (χ3v) is 3.28. The molecule has 98 valence electrons. The van der Waals surface area contributed by atoms with Gasteiger partial charge in [-0.05, 0) is 54.0 Å². The number of amides is 1. The second-order valence-electron chi connectivity index (χ2n) is 4.23. The summed E-state index contributed by atoms with van der Waals surface area (Å²) in [4.78, 5) is 18.4. The molecule has 0 N–H and O–H groups in total. The Hall–Kier alpha value is -1.68. The highest BCUT2D eigenvalue weighted by Gasteiger charge is 2.17. The van der Waals surface area contributed by atoms with Crippen LogP contribution >= 0.6 is 15.9 Å². The quantitative estimate of drug-likeness (QED) is 0.806. The summed E-state index contributed by atoms with van der Waals surface area (Å²) in [5.74, 6) is -0.0901. The third kappa shape index (κ3) is 3.20. The highest BCUT2D eigenvalue weighted by molar-refractivity contribution is 9.10. The highest BCUT2D eigenvalue weighted by atomic mass is 79.9. The number of halogens is 1. The third-order valence-electron chi connectivity index (χ3n) is 2.84. The fourth-order valence-corrected chi connectivity index (χ4v) is 2.18. The van der Waals surface area contributed by atoms with Crippen molar-refractivity contribution in [3.05, 3.63) is 58.3 Å². The largest absolute Gasteiger partial charge is 0.307 e. The molecule has 1 amide bonds. The minimum absolute atomic E-state index is 0.0901. The Morgan fingerprint density at radius 1 is 1.21 bits per heavy atom. The zero-order valence-electron chi connectivity index (χ0n) is 10.9. The SMILES string of the molecule is CCN(C(=O)c1cccc(Br)n1)c1ccc(C)cc1. The number of nitrogens with zero attached hydrogens (tertiary/aromatic N) is 2. The number of carbonyl (C=O) groups excluding carboxylic acids is 1. The van der Waals surface area contributed by atoms with Crippen LogP contribution in [0.2, 0.25) is 0 Å². The standard InChI is InChI=1S/C15H15BrN2O/c1-3-18(12-9-7-11(2)8-10-12)15(19)13-5-4-6-14(16)17-13/h4-10H,3H2,1-2H3. The number of aryl methyl sites for hydroxylation is 1. The van der Waals surface area contributed by atoms with E-state index in [1.807, 2.05) is 44.2 Å². The van der Waals surface area contributed by atoms with Crippen molar-refractivity contribution in [2.75, 3.05) is 11.4 Å². The van der Waals surface area contributed by atoms with Crippen LogP contribution in [0.3, 0.4) is 0 Å². The first-order valence-electron chi connectivity index (χ1n) is 6.13. The van der Waals surface area contributed by atoms with Crippen molar-refractivity contribution in [3.8, 4) is 0 Å². The molecule has 0 atom stereocenters. The molecule has 1 aromatic carbocycles. The van der Waals surface area contributed by atoms with Crippen molar-refractivity contribution in [1.82, 2.24) is 4.98 Å². The van der Waals surface area contributed by atoms with E-state index in [9.17, 15) is 4.79 Å². The maximum atomic E-state index is 12.5. The molecule has 19 heavy (non-hydrogen) atoms. The van der Waals surface area contributed by atoms with Crippen LogP contribution in [-0.4, -0.2) is 17.4 Å². The molecule has 0 aliphatic carbocycles. The molecule has 2 rings (SSSR count). The van der Waals surface area contributed by atoms with E-state index >= 15 is 0 Å². The van der Waals surface area contributed by atoms with Gasteiger partial charge in [0.2, 0.25) is 0 Å². The summed E-state index contributed by atoms with van der Waals surface area (Å²) in [7, 11) is 0. The topological polar surface area (TPSA) is 33.2 Å². The van der Waals surface area contributed by atoms with Crippen molar-refractivity contribution >= 4 is 27.5 Å². The van der Waals surface area contributed by atoms with Gasteiger partial charge in [-0.25, -0.2) is 4.98 Å². The number of benzene rings is 1. The Morgan fingerprint density at radius 2 is 1.89 bits per heavy atom. The van der Waals surface area contributed by atoms with Crippen LogP contribution in [0.15, 0.2) is 47.1 Å². The van der Waals surface area contributed by atoms with E-state index in [0.717, 1.165) is 5.69 Å². The number of rotatable bonds is 3. The number of hydrogen-bond acceptors (Lipinski definition) is 2. The first kappa shape index (κ1) is 13.7. The van der Waals surface area contributed by atoms with E-state index < -0.39 is 0 Å². The Balaban J connectivity index is 2.31. The van der Waals surface area contributed by atoms with E-state index in [1.165, 1.54) is 5.56 Å². The van der Waals surface area contributed by atoms with Crippen LogP contribution < -0.4 is 4.90 Å². The predicted octanol–water partition coefficient (Wildman–Crippen LogP) is 3.82. The maximum Gasteiger partial charge on any atom is 0.276 e. The Kier molecular flexibility index (Phi) is 4.32. The minimum atomic E-state index is -0.0901. The normalized spacial score (nSPS) is 10.3. The van der Waals surface area contributed by atoms with Crippen molar-refractivity contribution in [2.45, 2.75) is 13.8 Å².